The van der Waals surface area contributed by atoms with Gasteiger partial charge in [0.1, 0.15) is 12.5 Å². The molecule has 0 aromatic heterocycles. The van der Waals surface area contributed by atoms with Gasteiger partial charge in [0.25, 0.3) is 0 Å². The number of fused-ring (bicyclic) bond motifs is 3. The van der Waals surface area contributed by atoms with Gasteiger partial charge < -0.3 is 120 Å². The Kier molecular flexibility index (Phi) is 55.8. The largest absolute Gasteiger partial charge is 0.393 e. The van der Waals surface area contributed by atoms with Gasteiger partial charge >= 0.3 is 0 Å². The molecule has 0 fully saturated rings. The molecule has 96 heavy (non-hydrogen) atoms. The van der Waals surface area contributed by atoms with Crippen molar-refractivity contribution >= 4 is 0 Å². The van der Waals surface area contributed by atoms with Gasteiger partial charge in [0.2, 0.25) is 0 Å². The van der Waals surface area contributed by atoms with E-state index < -0.39 is 43.3 Å². The Labute approximate surface area is 573 Å². The Morgan fingerprint density at radius 2 is 0.740 bits per heavy atom. The van der Waals surface area contributed by atoms with E-state index in [-0.39, 0.29) is 23.8 Å². The minimum absolute atomic E-state index is 0.109. The quantitative estimate of drug-likeness (QED) is 0.0334. The lowest BCUT2D eigenvalue weighted by molar-refractivity contribution is -0.108. The molecule has 26 nitrogen and oxygen atoms in total. The van der Waals surface area contributed by atoms with Crippen LogP contribution in [-0.2, 0) is 61.6 Å². The fourth-order valence-electron chi connectivity index (χ4n) is 11.1. The molecule has 0 bridgehead atoms. The number of benzene rings is 2. The summed E-state index contributed by atoms with van der Waals surface area (Å²) in [5.74, 6) is -0.444. The molecule has 0 saturated heterocycles. The highest BCUT2D eigenvalue weighted by atomic mass is 16.6. The van der Waals surface area contributed by atoms with Gasteiger partial charge in [-0.05, 0) is 125 Å². The topological polar surface area (TPSA) is 384 Å². The number of hydrogen-bond donors (Lipinski definition) is 13. The van der Waals surface area contributed by atoms with E-state index in [9.17, 15) is 40.9 Å². The van der Waals surface area contributed by atoms with E-state index in [0.717, 1.165) is 44.9 Å². The molecule has 9 unspecified atom stereocenters. The lowest BCUT2D eigenvalue weighted by Crippen LogP contribution is -2.46. The van der Waals surface area contributed by atoms with Gasteiger partial charge in [-0.1, -0.05) is 67.8 Å². The van der Waals surface area contributed by atoms with Crippen LogP contribution in [0.1, 0.15) is 133 Å². The average molecular weight is 1380 g/mol. The second-order valence-corrected chi connectivity index (χ2v) is 24.3. The number of unbranched alkanes of at least 4 members (excludes halogenated alkanes) is 3. The molecule has 3 rings (SSSR count). The van der Waals surface area contributed by atoms with Crippen LogP contribution < -0.4 is 27.8 Å². The van der Waals surface area contributed by atoms with Crippen molar-refractivity contribution in [3.8, 4) is 11.1 Å². The number of ether oxygens (including phenoxy) is 13. The van der Waals surface area contributed by atoms with E-state index >= 15 is 0 Å². The second kappa shape index (κ2) is 61.1. The smallest absolute Gasteiger partial charge is 0.154 e. The highest BCUT2D eigenvalue weighted by molar-refractivity contribution is 5.78. The molecule has 2 aromatic rings. The maximum atomic E-state index is 11.0. The molecule has 26 heteroatoms. The molecule has 0 radical (unpaired) electrons. The first kappa shape index (κ1) is 87.6. The second-order valence-electron chi connectivity index (χ2n) is 24.3. The normalized spacial score (nSPS) is 15.4. The van der Waals surface area contributed by atoms with Crippen molar-refractivity contribution in [2.75, 3.05) is 191 Å². The standard InChI is InChI=1S/C70H129N5O21/c71-25-8-5-13-56(53-58(76)22-31-86-37-43-92-50-48-91-42-36-85-30-12-21-68(80)96-55-64-62-17-3-1-15-60(62)61-16-2-4-18-63(61)64)69(81)74-28-34-89-40-46-95-52-51-94-45-39-88-33-24-67(79)75-65(19-7-10-27-73)66(78)20-11-29-84-35-41-90-47-49-93-44-38-87-32-23-59(77)54-57(70(82)83)14-6-9-26-72/h1-4,15-18,56-59,64-70,74-83H,5-14,19-55,71-73H2. The third kappa shape index (κ3) is 44.6. The Morgan fingerprint density at radius 1 is 0.365 bits per heavy atom. The predicted molar refractivity (Wildman–Crippen MR) is 366 cm³/mol. The molecule has 0 amide bonds. The van der Waals surface area contributed by atoms with Crippen molar-refractivity contribution in [2.24, 2.45) is 29.0 Å². The van der Waals surface area contributed by atoms with Crippen LogP contribution in [0.3, 0.4) is 0 Å². The summed E-state index contributed by atoms with van der Waals surface area (Å²) >= 11 is 0. The molecule has 0 spiro atoms. The first-order valence-electron chi connectivity index (χ1n) is 35.8. The minimum atomic E-state index is -1.46. The predicted octanol–water partition coefficient (Wildman–Crippen LogP) is 3.04. The Hall–Kier alpha value is -2.60. The summed E-state index contributed by atoms with van der Waals surface area (Å²) in [6.07, 6.45) is 5.13. The number of nitrogens with two attached hydrogens (primary N) is 3. The van der Waals surface area contributed by atoms with Gasteiger partial charge in [-0.25, -0.2) is 0 Å². The van der Waals surface area contributed by atoms with Crippen molar-refractivity contribution in [2.45, 2.75) is 171 Å². The zero-order chi connectivity index (χ0) is 69.2. The lowest BCUT2D eigenvalue weighted by atomic mass is 9.92. The Balaban J connectivity index is 1.07. The van der Waals surface area contributed by atoms with Gasteiger partial charge in [0, 0.05) is 69.6 Å². The van der Waals surface area contributed by atoms with Crippen LogP contribution in [0.4, 0.5) is 0 Å². The van der Waals surface area contributed by atoms with Crippen LogP contribution in [0.15, 0.2) is 48.5 Å². The molecular formula is C70H129N5O21. The summed E-state index contributed by atoms with van der Waals surface area (Å²) in [6.45, 7) is 12.1. The summed E-state index contributed by atoms with van der Waals surface area (Å²) in [4.78, 5) is 0. The maximum Gasteiger partial charge on any atom is 0.154 e. The molecule has 0 saturated carbocycles. The van der Waals surface area contributed by atoms with Gasteiger partial charge in [-0.15, -0.1) is 0 Å². The molecule has 1 aliphatic carbocycles. The zero-order valence-electron chi connectivity index (χ0n) is 57.8. The number of rotatable bonds is 72. The van der Waals surface area contributed by atoms with Gasteiger partial charge in [0.15, 0.2) is 12.6 Å². The Morgan fingerprint density at radius 3 is 1.19 bits per heavy atom. The van der Waals surface area contributed by atoms with Crippen LogP contribution >= 0.6 is 0 Å². The van der Waals surface area contributed by atoms with Crippen LogP contribution in [0.5, 0.6) is 0 Å². The maximum absolute atomic E-state index is 11.0. The van der Waals surface area contributed by atoms with Crippen molar-refractivity contribution in [1.82, 2.24) is 10.6 Å². The number of aliphatic hydroxyl groups excluding tert-OH is 7. The van der Waals surface area contributed by atoms with Gasteiger partial charge in [0.05, 0.1) is 157 Å². The van der Waals surface area contributed by atoms with E-state index in [2.05, 4.69) is 47.0 Å². The van der Waals surface area contributed by atoms with E-state index in [1.54, 1.807) is 0 Å². The zero-order valence-corrected chi connectivity index (χ0v) is 57.8. The van der Waals surface area contributed by atoms with E-state index in [0.29, 0.717) is 262 Å². The molecule has 2 aromatic carbocycles. The Bertz CT molecular complexity index is 1990. The van der Waals surface area contributed by atoms with E-state index in [4.69, 9.17) is 78.8 Å². The van der Waals surface area contributed by atoms with Gasteiger partial charge in [-0.2, -0.15) is 0 Å². The number of nitrogens with one attached hydrogen (secondary N) is 2. The van der Waals surface area contributed by atoms with Crippen molar-refractivity contribution in [3.05, 3.63) is 59.7 Å². The molecule has 0 heterocycles. The highest BCUT2D eigenvalue weighted by Gasteiger charge is 2.29. The highest BCUT2D eigenvalue weighted by Crippen LogP contribution is 2.44. The monoisotopic (exact) mass is 1380 g/mol. The van der Waals surface area contributed by atoms with Gasteiger partial charge in [-0.3, -0.25) is 10.6 Å². The van der Waals surface area contributed by atoms with Crippen molar-refractivity contribution in [3.63, 3.8) is 0 Å². The first-order valence-corrected chi connectivity index (χ1v) is 35.8. The molecule has 0 aliphatic heterocycles. The molecule has 560 valence electrons. The molecular weight excluding hydrogens is 1250 g/mol. The van der Waals surface area contributed by atoms with Crippen LogP contribution in [-0.4, -0.2) is 282 Å². The SMILES string of the molecule is NCCCCC(CC(O)CCOCCOCCOCCOCCCC(O)C(CCCCN)NC(O)CCOCCOCCOCCOCCNC(O)C(CCCCN)CC(O)CCOCCOCCOCCOCCCC(O)OCC1c2ccccc2-c2ccccc21)C(O)O. The summed E-state index contributed by atoms with van der Waals surface area (Å²) in [6, 6.07) is 16.4. The minimum Gasteiger partial charge on any atom is -0.393 e. The number of aliphatic hydroxyl groups is 8. The fraction of sp³-hybridized carbons (Fsp3) is 0.829. The van der Waals surface area contributed by atoms with Crippen molar-refractivity contribution < 1.29 is 102 Å². The summed E-state index contributed by atoms with van der Waals surface area (Å²) in [7, 11) is 0. The molecule has 9 atom stereocenters. The molecule has 1 aliphatic rings. The third-order valence-corrected chi connectivity index (χ3v) is 16.5. The third-order valence-electron chi connectivity index (χ3n) is 16.5. The van der Waals surface area contributed by atoms with Crippen LogP contribution in [0.2, 0.25) is 0 Å². The number of hydrogen-bond acceptors (Lipinski definition) is 26. The first-order chi connectivity index (χ1) is 47.0. The van der Waals surface area contributed by atoms with Crippen LogP contribution in [0, 0.1) is 11.8 Å². The summed E-state index contributed by atoms with van der Waals surface area (Å²) in [5.41, 5.74) is 21.9. The van der Waals surface area contributed by atoms with E-state index in [1.807, 2.05) is 12.1 Å². The summed E-state index contributed by atoms with van der Waals surface area (Å²) < 4.78 is 73.4. The average Bonchev–Trinajstić information content (AvgIpc) is 1.64. The van der Waals surface area contributed by atoms with Crippen LogP contribution in [0.25, 0.3) is 11.1 Å². The van der Waals surface area contributed by atoms with Crippen molar-refractivity contribution in [1.29, 1.82) is 0 Å². The lowest BCUT2D eigenvalue weighted by Gasteiger charge is -2.27. The molecule has 16 N–H and O–H groups in total. The van der Waals surface area contributed by atoms with E-state index in [1.165, 1.54) is 22.3 Å². The fourth-order valence-corrected chi connectivity index (χ4v) is 11.1. The summed E-state index contributed by atoms with van der Waals surface area (Å²) in [5, 5.41) is 89.7.